The molecule has 0 saturated carbocycles. The Morgan fingerprint density at radius 2 is 1.86 bits per heavy atom. The molecule has 2 aromatic carbocycles. The standard InChI is InChI=1S/C26H34N4O6/c1-16-12-30(17(2)14-31)25(32)20-11-19(28(3)4)7-9-21(20)36-24(16)13-29(5)26(33)27-18-6-8-22-23(10-18)35-15-34-22/h6-11,16-17,24,31H,12-15H2,1-5H3,(H,27,33)/t16-,17-,24-/m1/s1. The summed E-state index contributed by atoms with van der Waals surface area (Å²) >= 11 is 0. The van der Waals surface area contributed by atoms with Crippen LogP contribution in [0.1, 0.15) is 24.2 Å². The van der Waals surface area contributed by atoms with Crippen LogP contribution < -0.4 is 24.4 Å². The highest BCUT2D eigenvalue weighted by molar-refractivity contribution is 5.98. The van der Waals surface area contributed by atoms with Gasteiger partial charge in [-0.25, -0.2) is 4.79 Å². The normalized spacial score (nSPS) is 19.5. The predicted molar refractivity (Wildman–Crippen MR) is 136 cm³/mol. The molecule has 2 aromatic rings. The van der Waals surface area contributed by atoms with E-state index in [9.17, 15) is 14.7 Å². The third kappa shape index (κ3) is 5.28. The molecule has 0 fully saturated rings. The molecule has 0 radical (unpaired) electrons. The number of aliphatic hydroxyl groups excluding tert-OH is 1. The molecule has 4 rings (SSSR count). The number of carbonyl (C=O) groups is 2. The van der Waals surface area contributed by atoms with Gasteiger partial charge in [-0.05, 0) is 37.3 Å². The smallest absolute Gasteiger partial charge is 0.321 e. The van der Waals surface area contributed by atoms with Gasteiger partial charge in [-0.15, -0.1) is 0 Å². The van der Waals surface area contributed by atoms with Crippen molar-refractivity contribution in [1.82, 2.24) is 9.80 Å². The van der Waals surface area contributed by atoms with Crippen molar-refractivity contribution in [3.05, 3.63) is 42.0 Å². The molecule has 10 nitrogen and oxygen atoms in total. The van der Waals surface area contributed by atoms with Gasteiger partial charge >= 0.3 is 6.03 Å². The average molecular weight is 499 g/mol. The Kier molecular flexibility index (Phi) is 7.44. The number of likely N-dealkylation sites (N-methyl/N-ethyl adjacent to an activating group) is 1. The summed E-state index contributed by atoms with van der Waals surface area (Å²) in [5, 5.41) is 12.7. The number of fused-ring (bicyclic) bond motifs is 2. The van der Waals surface area contributed by atoms with Gasteiger partial charge in [0.2, 0.25) is 6.79 Å². The first-order valence-corrected chi connectivity index (χ1v) is 12.0. The zero-order valence-electron chi connectivity index (χ0n) is 21.4. The molecule has 10 heteroatoms. The van der Waals surface area contributed by atoms with E-state index < -0.39 is 0 Å². The topological polar surface area (TPSA) is 104 Å². The molecule has 2 heterocycles. The second-order valence-corrected chi connectivity index (χ2v) is 9.58. The highest BCUT2D eigenvalue weighted by Crippen LogP contribution is 2.34. The lowest BCUT2D eigenvalue weighted by atomic mass is 9.99. The predicted octanol–water partition coefficient (Wildman–Crippen LogP) is 2.87. The van der Waals surface area contributed by atoms with Crippen LogP contribution >= 0.6 is 0 Å². The molecule has 0 aliphatic carbocycles. The summed E-state index contributed by atoms with van der Waals surface area (Å²) in [5.74, 6) is 1.40. The number of nitrogens with zero attached hydrogens (tertiary/aromatic N) is 3. The minimum Gasteiger partial charge on any atom is -0.487 e. The Balaban J connectivity index is 1.54. The summed E-state index contributed by atoms with van der Waals surface area (Å²) in [6.45, 7) is 4.50. The van der Waals surface area contributed by atoms with Gasteiger partial charge in [-0.2, -0.15) is 0 Å². The minimum absolute atomic E-state index is 0.106. The summed E-state index contributed by atoms with van der Waals surface area (Å²) in [7, 11) is 5.51. The van der Waals surface area contributed by atoms with Crippen molar-refractivity contribution in [2.24, 2.45) is 5.92 Å². The third-order valence-corrected chi connectivity index (χ3v) is 6.59. The fraction of sp³-hybridized carbons (Fsp3) is 0.462. The van der Waals surface area contributed by atoms with Gasteiger partial charge in [0.05, 0.1) is 24.8 Å². The van der Waals surface area contributed by atoms with Crippen LogP contribution in [0.2, 0.25) is 0 Å². The number of aliphatic hydroxyl groups is 1. The van der Waals surface area contributed by atoms with E-state index in [0.717, 1.165) is 5.69 Å². The van der Waals surface area contributed by atoms with Crippen LogP contribution in [0.5, 0.6) is 17.2 Å². The Bertz CT molecular complexity index is 1120. The lowest BCUT2D eigenvalue weighted by Crippen LogP contribution is -2.50. The maximum absolute atomic E-state index is 13.5. The number of benzene rings is 2. The van der Waals surface area contributed by atoms with Gasteiger partial charge in [0, 0.05) is 51.0 Å². The number of hydrogen-bond acceptors (Lipinski definition) is 7. The Morgan fingerprint density at radius 3 is 2.58 bits per heavy atom. The molecule has 3 atom stereocenters. The zero-order chi connectivity index (χ0) is 26.0. The third-order valence-electron chi connectivity index (χ3n) is 6.59. The van der Waals surface area contributed by atoms with Crippen LogP contribution in [0.3, 0.4) is 0 Å². The van der Waals surface area contributed by atoms with Gasteiger partial charge in [0.1, 0.15) is 11.9 Å². The molecule has 0 saturated heterocycles. The first kappa shape index (κ1) is 25.4. The van der Waals surface area contributed by atoms with Crippen molar-refractivity contribution >= 4 is 23.3 Å². The van der Waals surface area contributed by atoms with Gasteiger partial charge in [-0.1, -0.05) is 6.92 Å². The summed E-state index contributed by atoms with van der Waals surface area (Å²) < 4.78 is 17.1. The molecular weight excluding hydrogens is 464 g/mol. The molecule has 2 aliphatic rings. The molecule has 3 amide bonds. The molecular formula is C26H34N4O6. The Morgan fingerprint density at radius 1 is 1.14 bits per heavy atom. The molecule has 36 heavy (non-hydrogen) atoms. The largest absolute Gasteiger partial charge is 0.487 e. The number of anilines is 2. The SMILES string of the molecule is C[C@@H]1CN([C@H](C)CO)C(=O)c2cc(N(C)C)ccc2O[C@@H]1CN(C)C(=O)Nc1ccc2c(c1)OCO2. The summed E-state index contributed by atoms with van der Waals surface area (Å²) in [6.07, 6.45) is -0.386. The molecule has 0 bridgehead atoms. The number of urea groups is 1. The molecule has 2 aliphatic heterocycles. The summed E-state index contributed by atoms with van der Waals surface area (Å²) in [6, 6.07) is 10.1. The lowest BCUT2D eigenvalue weighted by Gasteiger charge is -2.38. The first-order chi connectivity index (χ1) is 17.2. The number of nitrogens with one attached hydrogen (secondary N) is 1. The number of carbonyl (C=O) groups excluding carboxylic acids is 2. The van der Waals surface area contributed by atoms with Crippen molar-refractivity contribution in [1.29, 1.82) is 0 Å². The quantitative estimate of drug-likeness (QED) is 0.631. The van der Waals surface area contributed by atoms with E-state index in [1.165, 1.54) is 0 Å². The first-order valence-electron chi connectivity index (χ1n) is 12.0. The van der Waals surface area contributed by atoms with Crippen LogP contribution in [0, 0.1) is 5.92 Å². The number of amides is 3. The number of rotatable bonds is 6. The van der Waals surface area contributed by atoms with E-state index in [2.05, 4.69) is 5.32 Å². The number of hydrogen-bond donors (Lipinski definition) is 2. The maximum atomic E-state index is 13.5. The Labute approximate surface area is 211 Å². The molecule has 0 unspecified atom stereocenters. The van der Waals surface area contributed by atoms with Gasteiger partial charge in [0.25, 0.3) is 5.91 Å². The van der Waals surface area contributed by atoms with Crippen LogP contribution in [-0.4, -0.2) is 86.6 Å². The van der Waals surface area contributed by atoms with E-state index in [1.54, 1.807) is 47.2 Å². The van der Waals surface area contributed by atoms with Crippen LogP contribution in [-0.2, 0) is 0 Å². The Hall–Kier alpha value is -3.66. The lowest BCUT2D eigenvalue weighted by molar-refractivity contribution is 0.0371. The molecule has 194 valence electrons. The minimum atomic E-state index is -0.386. The molecule has 0 aromatic heterocycles. The molecule has 0 spiro atoms. The van der Waals surface area contributed by atoms with Gasteiger partial charge in [-0.3, -0.25) is 4.79 Å². The van der Waals surface area contributed by atoms with E-state index in [-0.39, 0.29) is 43.4 Å². The van der Waals surface area contributed by atoms with Crippen molar-refractivity contribution < 1.29 is 28.9 Å². The highest BCUT2D eigenvalue weighted by Gasteiger charge is 2.34. The van der Waals surface area contributed by atoms with Crippen LogP contribution in [0.4, 0.5) is 16.2 Å². The van der Waals surface area contributed by atoms with Crippen molar-refractivity contribution in [3.8, 4) is 17.2 Å². The second kappa shape index (κ2) is 10.5. The van der Waals surface area contributed by atoms with E-state index >= 15 is 0 Å². The van der Waals surface area contributed by atoms with E-state index in [0.29, 0.717) is 41.6 Å². The maximum Gasteiger partial charge on any atom is 0.321 e. The van der Waals surface area contributed by atoms with Crippen LogP contribution in [0.25, 0.3) is 0 Å². The monoisotopic (exact) mass is 498 g/mol. The fourth-order valence-corrected chi connectivity index (χ4v) is 4.25. The summed E-state index contributed by atoms with van der Waals surface area (Å²) in [5.41, 5.74) is 1.90. The van der Waals surface area contributed by atoms with Gasteiger partial charge < -0.3 is 39.3 Å². The van der Waals surface area contributed by atoms with E-state index in [1.807, 2.05) is 38.9 Å². The molecule has 2 N–H and O–H groups in total. The second-order valence-electron chi connectivity index (χ2n) is 9.58. The summed E-state index contributed by atoms with van der Waals surface area (Å²) in [4.78, 5) is 31.6. The van der Waals surface area contributed by atoms with Crippen molar-refractivity contribution in [2.75, 3.05) is 57.8 Å². The number of ether oxygens (including phenoxy) is 3. The van der Waals surface area contributed by atoms with Gasteiger partial charge in [0.15, 0.2) is 11.5 Å². The highest BCUT2D eigenvalue weighted by atomic mass is 16.7. The van der Waals surface area contributed by atoms with Crippen molar-refractivity contribution in [2.45, 2.75) is 26.0 Å². The fourth-order valence-electron chi connectivity index (χ4n) is 4.25. The average Bonchev–Trinajstić information content (AvgIpc) is 3.33. The van der Waals surface area contributed by atoms with E-state index in [4.69, 9.17) is 14.2 Å². The van der Waals surface area contributed by atoms with Crippen molar-refractivity contribution in [3.63, 3.8) is 0 Å². The van der Waals surface area contributed by atoms with Crippen LogP contribution in [0.15, 0.2) is 36.4 Å². The zero-order valence-corrected chi connectivity index (χ0v) is 21.4.